The van der Waals surface area contributed by atoms with Crippen LogP contribution in [0.2, 0.25) is 10.0 Å². The van der Waals surface area contributed by atoms with Gasteiger partial charge in [0.2, 0.25) is 0 Å². The molecule has 1 fully saturated rings. The summed E-state index contributed by atoms with van der Waals surface area (Å²) < 4.78 is 5.13. The van der Waals surface area contributed by atoms with Gasteiger partial charge in [0, 0.05) is 24.2 Å². The second-order valence-corrected chi connectivity index (χ2v) is 6.61. The van der Waals surface area contributed by atoms with E-state index in [-0.39, 0.29) is 18.0 Å². The fraction of sp³-hybridized carbons (Fsp3) is 0.294. The zero-order valence-corrected chi connectivity index (χ0v) is 14.8. The third-order valence-corrected chi connectivity index (χ3v) is 4.58. The maximum atomic E-state index is 12.2. The summed E-state index contributed by atoms with van der Waals surface area (Å²) in [6, 6.07) is 7.87. The van der Waals surface area contributed by atoms with Crippen LogP contribution in [0.1, 0.15) is 23.4 Å². The second-order valence-electron chi connectivity index (χ2n) is 5.77. The topological polar surface area (TPSA) is 74.6 Å². The number of urea groups is 1. The average molecular weight is 382 g/mol. The van der Waals surface area contributed by atoms with Gasteiger partial charge in [-0.1, -0.05) is 23.2 Å². The van der Waals surface area contributed by atoms with Crippen LogP contribution >= 0.6 is 23.2 Å². The summed E-state index contributed by atoms with van der Waals surface area (Å²) in [5.74, 6) is 0.211. The van der Waals surface area contributed by atoms with Gasteiger partial charge in [0.1, 0.15) is 0 Å². The van der Waals surface area contributed by atoms with Crippen molar-refractivity contribution in [1.82, 2.24) is 10.2 Å². The first kappa shape index (κ1) is 17.6. The lowest BCUT2D eigenvalue weighted by Crippen LogP contribution is -2.47. The van der Waals surface area contributed by atoms with E-state index in [9.17, 15) is 9.59 Å². The summed E-state index contributed by atoms with van der Waals surface area (Å²) in [7, 11) is 0. The summed E-state index contributed by atoms with van der Waals surface area (Å²) in [6.45, 7) is 1.12. The summed E-state index contributed by atoms with van der Waals surface area (Å²) in [6.07, 6.45) is 2.83. The van der Waals surface area contributed by atoms with E-state index >= 15 is 0 Å². The van der Waals surface area contributed by atoms with E-state index in [0.29, 0.717) is 47.4 Å². The molecule has 3 rings (SSSR count). The lowest BCUT2D eigenvalue weighted by molar-refractivity contribution is 0.0676. The van der Waals surface area contributed by atoms with E-state index in [1.165, 1.54) is 6.26 Å². The highest BCUT2D eigenvalue weighted by molar-refractivity contribution is 6.36. The molecule has 1 aromatic carbocycles. The number of amides is 3. The number of anilines is 1. The van der Waals surface area contributed by atoms with Gasteiger partial charge in [-0.05, 0) is 43.2 Å². The van der Waals surface area contributed by atoms with Crippen molar-refractivity contribution < 1.29 is 14.0 Å². The lowest BCUT2D eigenvalue weighted by Gasteiger charge is -2.31. The van der Waals surface area contributed by atoms with Crippen molar-refractivity contribution in [2.45, 2.75) is 18.9 Å². The molecule has 3 amide bonds. The fourth-order valence-corrected chi connectivity index (χ4v) is 3.17. The molecule has 1 saturated heterocycles. The summed E-state index contributed by atoms with van der Waals surface area (Å²) in [4.78, 5) is 26.0. The molecule has 8 heteroatoms. The van der Waals surface area contributed by atoms with Crippen molar-refractivity contribution in [3.05, 3.63) is 52.4 Å². The molecular weight excluding hydrogens is 365 g/mol. The average Bonchev–Trinajstić information content (AvgIpc) is 3.12. The normalized spacial score (nSPS) is 15.0. The number of hydrogen-bond acceptors (Lipinski definition) is 3. The van der Waals surface area contributed by atoms with Crippen LogP contribution < -0.4 is 10.6 Å². The van der Waals surface area contributed by atoms with Gasteiger partial charge in [0.05, 0.1) is 17.0 Å². The molecule has 2 heterocycles. The Morgan fingerprint density at radius 3 is 2.56 bits per heavy atom. The van der Waals surface area contributed by atoms with Crippen LogP contribution in [-0.2, 0) is 0 Å². The van der Waals surface area contributed by atoms with E-state index in [1.807, 2.05) is 0 Å². The minimum Gasteiger partial charge on any atom is -0.459 e. The van der Waals surface area contributed by atoms with E-state index in [1.54, 1.807) is 35.2 Å². The number of nitrogens with one attached hydrogen (secondary N) is 2. The molecule has 0 atom stereocenters. The maximum Gasteiger partial charge on any atom is 0.319 e. The zero-order valence-electron chi connectivity index (χ0n) is 13.3. The number of hydrogen-bond donors (Lipinski definition) is 2. The molecule has 25 heavy (non-hydrogen) atoms. The predicted octanol–water partition coefficient (Wildman–Crippen LogP) is 4.01. The second kappa shape index (κ2) is 7.80. The third kappa shape index (κ3) is 4.46. The molecular formula is C17H17Cl2N3O3. The van der Waals surface area contributed by atoms with Crippen molar-refractivity contribution in [2.24, 2.45) is 0 Å². The Balaban J connectivity index is 1.48. The fourth-order valence-electron chi connectivity index (χ4n) is 2.72. The first-order valence-corrected chi connectivity index (χ1v) is 8.64. The molecule has 6 nitrogen and oxygen atoms in total. The highest BCUT2D eigenvalue weighted by atomic mass is 35.5. The summed E-state index contributed by atoms with van der Waals surface area (Å²) >= 11 is 11.9. The maximum absolute atomic E-state index is 12.2. The first-order chi connectivity index (χ1) is 12.0. The Labute approximate surface area is 155 Å². The van der Waals surface area contributed by atoms with Crippen LogP contribution in [0, 0.1) is 0 Å². The summed E-state index contributed by atoms with van der Waals surface area (Å²) in [5.41, 5.74) is 0.494. The number of carbonyl (C=O) groups excluding carboxylic acids is 2. The lowest BCUT2D eigenvalue weighted by atomic mass is 10.0. The van der Waals surface area contributed by atoms with E-state index in [0.717, 1.165) is 0 Å². The molecule has 2 aromatic rings. The largest absolute Gasteiger partial charge is 0.459 e. The van der Waals surface area contributed by atoms with Crippen LogP contribution in [0.25, 0.3) is 0 Å². The highest BCUT2D eigenvalue weighted by Gasteiger charge is 2.25. The van der Waals surface area contributed by atoms with Gasteiger partial charge < -0.3 is 20.0 Å². The van der Waals surface area contributed by atoms with Gasteiger partial charge in [-0.2, -0.15) is 0 Å². The van der Waals surface area contributed by atoms with Crippen LogP contribution in [0.4, 0.5) is 10.5 Å². The smallest absolute Gasteiger partial charge is 0.319 e. The molecule has 1 aliphatic rings. The molecule has 0 aliphatic carbocycles. The Morgan fingerprint density at radius 1 is 1.16 bits per heavy atom. The van der Waals surface area contributed by atoms with E-state index < -0.39 is 0 Å². The molecule has 1 aromatic heterocycles. The number of carbonyl (C=O) groups is 2. The van der Waals surface area contributed by atoms with Crippen molar-refractivity contribution in [1.29, 1.82) is 0 Å². The number of likely N-dealkylation sites (tertiary alicyclic amines) is 1. The number of piperidine rings is 1. The molecule has 0 radical (unpaired) electrons. The molecule has 1 aliphatic heterocycles. The van der Waals surface area contributed by atoms with Crippen LogP contribution in [0.15, 0.2) is 41.0 Å². The van der Waals surface area contributed by atoms with Crippen molar-refractivity contribution in [2.75, 3.05) is 18.4 Å². The van der Waals surface area contributed by atoms with Crippen LogP contribution in [0.5, 0.6) is 0 Å². The van der Waals surface area contributed by atoms with Crippen molar-refractivity contribution >= 4 is 40.8 Å². The van der Waals surface area contributed by atoms with Crippen molar-refractivity contribution in [3.63, 3.8) is 0 Å². The zero-order chi connectivity index (χ0) is 17.8. The number of benzene rings is 1. The number of rotatable bonds is 3. The van der Waals surface area contributed by atoms with Gasteiger partial charge >= 0.3 is 6.03 Å². The van der Waals surface area contributed by atoms with Crippen LogP contribution in [0.3, 0.4) is 0 Å². The summed E-state index contributed by atoms with van der Waals surface area (Å²) in [5, 5.41) is 6.49. The van der Waals surface area contributed by atoms with Gasteiger partial charge in [-0.3, -0.25) is 4.79 Å². The predicted molar refractivity (Wildman–Crippen MR) is 96.2 cm³/mol. The molecule has 0 unspecified atom stereocenters. The molecule has 2 N–H and O–H groups in total. The molecule has 0 spiro atoms. The van der Waals surface area contributed by atoms with Gasteiger partial charge in [-0.15, -0.1) is 0 Å². The minimum atomic E-state index is -0.333. The van der Waals surface area contributed by atoms with Gasteiger partial charge in [0.25, 0.3) is 5.91 Å². The monoisotopic (exact) mass is 381 g/mol. The molecule has 0 saturated carbocycles. The van der Waals surface area contributed by atoms with Crippen molar-refractivity contribution in [3.8, 4) is 0 Å². The number of halogens is 2. The van der Waals surface area contributed by atoms with E-state index in [2.05, 4.69) is 10.6 Å². The Bertz CT molecular complexity index is 757. The SMILES string of the molecule is O=C(Nc1ccc(Cl)cc1Cl)NC1CCN(C(=O)c2ccco2)CC1. The minimum absolute atomic E-state index is 0.00766. The Hall–Kier alpha value is -2.18. The van der Waals surface area contributed by atoms with Gasteiger partial charge in [0.15, 0.2) is 5.76 Å². The Morgan fingerprint density at radius 2 is 1.92 bits per heavy atom. The number of nitrogens with zero attached hydrogens (tertiary/aromatic N) is 1. The Kier molecular flexibility index (Phi) is 5.50. The number of furan rings is 1. The molecule has 132 valence electrons. The molecule has 0 bridgehead atoms. The quantitative estimate of drug-likeness (QED) is 0.842. The van der Waals surface area contributed by atoms with Crippen LogP contribution in [-0.4, -0.2) is 36.0 Å². The van der Waals surface area contributed by atoms with E-state index in [4.69, 9.17) is 27.6 Å². The highest BCUT2D eigenvalue weighted by Crippen LogP contribution is 2.25. The first-order valence-electron chi connectivity index (χ1n) is 7.88. The standard InChI is InChI=1S/C17H17Cl2N3O3/c18-11-3-4-14(13(19)10-11)21-17(24)20-12-5-7-22(8-6-12)16(23)15-2-1-9-25-15/h1-4,9-10,12H,5-8H2,(H2,20,21,24). The van der Waals surface area contributed by atoms with Gasteiger partial charge in [-0.25, -0.2) is 4.79 Å². The third-order valence-electron chi connectivity index (χ3n) is 4.03.